The highest BCUT2D eigenvalue weighted by atomic mass is 16.6. The highest BCUT2D eigenvalue weighted by Crippen LogP contribution is 2.26. The number of hydrogen-bond acceptors (Lipinski definition) is 4. The summed E-state index contributed by atoms with van der Waals surface area (Å²) in [6.45, 7) is 1.80. The van der Waals surface area contributed by atoms with Crippen LogP contribution < -0.4 is 0 Å². The summed E-state index contributed by atoms with van der Waals surface area (Å²) in [6, 6.07) is 9.37. The molecular formula is C17H19NO4. The number of carbonyl (C=O) groups excluding carboxylic acids is 2. The Kier molecular flexibility index (Phi) is 4.99. The first-order valence-corrected chi connectivity index (χ1v) is 6.99. The molecule has 1 aromatic rings. The summed E-state index contributed by atoms with van der Waals surface area (Å²) >= 11 is 0. The van der Waals surface area contributed by atoms with Gasteiger partial charge in [0.15, 0.2) is 0 Å². The molecule has 0 saturated heterocycles. The minimum Gasteiger partial charge on any atom is -0.467 e. The largest absolute Gasteiger partial charge is 0.467 e. The van der Waals surface area contributed by atoms with Crippen molar-refractivity contribution >= 4 is 12.1 Å². The SMILES string of the molecule is COC(=O)[C@]1(C)CC=CC=CN1C(=O)OCc1ccccc1. The van der Waals surface area contributed by atoms with Gasteiger partial charge in [-0.3, -0.25) is 4.90 Å². The van der Waals surface area contributed by atoms with Crippen LogP contribution in [-0.2, 0) is 20.9 Å². The molecule has 2 rings (SSSR count). The van der Waals surface area contributed by atoms with Crippen LogP contribution in [0.15, 0.2) is 54.8 Å². The van der Waals surface area contributed by atoms with Gasteiger partial charge in [-0.15, -0.1) is 0 Å². The molecule has 1 atom stereocenters. The van der Waals surface area contributed by atoms with Crippen LogP contribution in [0.3, 0.4) is 0 Å². The molecule has 1 heterocycles. The van der Waals surface area contributed by atoms with Gasteiger partial charge >= 0.3 is 12.1 Å². The zero-order chi connectivity index (χ0) is 16.0. The van der Waals surface area contributed by atoms with Crippen molar-refractivity contribution in [3.8, 4) is 0 Å². The Morgan fingerprint density at radius 3 is 2.64 bits per heavy atom. The second-order valence-corrected chi connectivity index (χ2v) is 5.15. The number of carbonyl (C=O) groups is 2. The van der Waals surface area contributed by atoms with E-state index in [4.69, 9.17) is 9.47 Å². The fourth-order valence-electron chi connectivity index (χ4n) is 2.23. The number of allylic oxidation sites excluding steroid dienone is 2. The summed E-state index contributed by atoms with van der Waals surface area (Å²) in [6.07, 6.45) is 6.60. The molecule has 0 N–H and O–H groups in total. The molecule has 5 heteroatoms. The summed E-state index contributed by atoms with van der Waals surface area (Å²) in [5.41, 5.74) is -0.237. The van der Waals surface area contributed by atoms with Gasteiger partial charge in [0.2, 0.25) is 0 Å². The van der Waals surface area contributed by atoms with E-state index in [0.29, 0.717) is 6.42 Å². The van der Waals surface area contributed by atoms with E-state index in [0.717, 1.165) is 5.56 Å². The number of hydrogen-bond donors (Lipinski definition) is 0. The lowest BCUT2D eigenvalue weighted by molar-refractivity contribution is -0.151. The molecule has 1 amide bonds. The quantitative estimate of drug-likeness (QED) is 0.805. The monoisotopic (exact) mass is 301 g/mol. The summed E-state index contributed by atoms with van der Waals surface area (Å²) in [7, 11) is 1.30. The lowest BCUT2D eigenvalue weighted by Gasteiger charge is -2.34. The Bertz CT molecular complexity index is 594. The molecule has 5 nitrogen and oxygen atoms in total. The number of methoxy groups -OCH3 is 1. The summed E-state index contributed by atoms with van der Waals surface area (Å²) < 4.78 is 10.1. The molecule has 1 aromatic carbocycles. The molecule has 0 bridgehead atoms. The normalized spacial score (nSPS) is 20.4. The van der Waals surface area contributed by atoms with Gasteiger partial charge in [0.1, 0.15) is 12.1 Å². The summed E-state index contributed by atoms with van der Waals surface area (Å²) in [4.78, 5) is 25.7. The summed E-state index contributed by atoms with van der Waals surface area (Å²) in [5.74, 6) is -0.486. The first-order valence-electron chi connectivity index (χ1n) is 6.99. The van der Waals surface area contributed by atoms with E-state index in [-0.39, 0.29) is 6.61 Å². The Labute approximate surface area is 129 Å². The molecule has 0 radical (unpaired) electrons. The second-order valence-electron chi connectivity index (χ2n) is 5.15. The van der Waals surface area contributed by atoms with E-state index >= 15 is 0 Å². The Morgan fingerprint density at radius 1 is 1.23 bits per heavy atom. The zero-order valence-corrected chi connectivity index (χ0v) is 12.7. The van der Waals surface area contributed by atoms with Crippen LogP contribution in [0, 0.1) is 0 Å². The minimum atomic E-state index is -1.12. The van der Waals surface area contributed by atoms with Gasteiger partial charge in [-0.25, -0.2) is 9.59 Å². The van der Waals surface area contributed by atoms with Gasteiger partial charge in [-0.05, 0) is 25.0 Å². The maximum absolute atomic E-state index is 12.4. The standard InChI is InChI=1S/C17H19NO4/c1-17(15(19)21-2)11-7-4-8-12-18(17)16(20)22-13-14-9-5-3-6-10-14/h3-10,12H,11,13H2,1-2H3/t17-/m0/s1. The highest BCUT2D eigenvalue weighted by Gasteiger charge is 2.43. The average molecular weight is 301 g/mol. The number of rotatable bonds is 3. The molecule has 22 heavy (non-hydrogen) atoms. The maximum atomic E-state index is 12.4. The molecule has 1 aliphatic heterocycles. The zero-order valence-electron chi connectivity index (χ0n) is 12.7. The van der Waals surface area contributed by atoms with E-state index in [1.807, 2.05) is 36.4 Å². The smallest absolute Gasteiger partial charge is 0.415 e. The summed E-state index contributed by atoms with van der Waals surface area (Å²) in [5, 5.41) is 0. The van der Waals surface area contributed by atoms with Crippen molar-refractivity contribution in [2.45, 2.75) is 25.5 Å². The van der Waals surface area contributed by atoms with Crippen molar-refractivity contribution in [2.75, 3.05) is 7.11 Å². The maximum Gasteiger partial charge on any atom is 0.415 e. The average Bonchev–Trinajstić information content (AvgIpc) is 2.75. The molecule has 0 saturated carbocycles. The van der Waals surface area contributed by atoms with Gasteiger partial charge in [0, 0.05) is 6.20 Å². The van der Waals surface area contributed by atoms with Crippen molar-refractivity contribution < 1.29 is 19.1 Å². The van der Waals surface area contributed by atoms with Crippen molar-refractivity contribution in [1.82, 2.24) is 4.90 Å². The van der Waals surface area contributed by atoms with Gasteiger partial charge < -0.3 is 9.47 Å². The number of benzene rings is 1. The van der Waals surface area contributed by atoms with Crippen LogP contribution in [0.1, 0.15) is 18.9 Å². The highest BCUT2D eigenvalue weighted by molar-refractivity contribution is 5.86. The number of amides is 1. The fraction of sp³-hybridized carbons (Fsp3) is 0.294. The lowest BCUT2D eigenvalue weighted by atomic mass is 9.96. The third-order valence-corrected chi connectivity index (χ3v) is 3.56. The lowest BCUT2D eigenvalue weighted by Crippen LogP contribution is -2.52. The van der Waals surface area contributed by atoms with Crippen molar-refractivity contribution in [3.63, 3.8) is 0 Å². The van der Waals surface area contributed by atoms with E-state index in [1.54, 1.807) is 19.1 Å². The molecule has 0 aromatic heterocycles. The van der Waals surface area contributed by atoms with E-state index < -0.39 is 17.6 Å². The Hall–Kier alpha value is -2.56. The topological polar surface area (TPSA) is 55.8 Å². The van der Waals surface area contributed by atoms with Crippen LogP contribution in [0.5, 0.6) is 0 Å². The van der Waals surface area contributed by atoms with Crippen molar-refractivity contribution in [2.24, 2.45) is 0 Å². The molecule has 1 aliphatic rings. The van der Waals surface area contributed by atoms with Crippen molar-refractivity contribution in [3.05, 3.63) is 60.3 Å². The molecule has 0 unspecified atom stereocenters. The number of nitrogens with zero attached hydrogens (tertiary/aromatic N) is 1. The van der Waals surface area contributed by atoms with Crippen LogP contribution in [-0.4, -0.2) is 29.6 Å². The fourth-order valence-corrected chi connectivity index (χ4v) is 2.23. The number of esters is 1. The minimum absolute atomic E-state index is 0.148. The predicted octanol–water partition coefficient (Wildman–Crippen LogP) is 3.03. The molecule has 0 fully saturated rings. The Morgan fingerprint density at radius 2 is 1.95 bits per heavy atom. The molecular weight excluding hydrogens is 282 g/mol. The first kappa shape index (κ1) is 15.8. The first-order chi connectivity index (χ1) is 10.6. The van der Waals surface area contributed by atoms with Crippen LogP contribution in [0.4, 0.5) is 4.79 Å². The van der Waals surface area contributed by atoms with Crippen molar-refractivity contribution in [1.29, 1.82) is 0 Å². The predicted molar refractivity (Wildman–Crippen MR) is 81.8 cm³/mol. The van der Waals surface area contributed by atoms with Gasteiger partial charge in [-0.2, -0.15) is 0 Å². The van der Waals surface area contributed by atoms with E-state index in [9.17, 15) is 9.59 Å². The second kappa shape index (κ2) is 6.93. The van der Waals surface area contributed by atoms with Crippen LogP contribution >= 0.6 is 0 Å². The van der Waals surface area contributed by atoms with Crippen LogP contribution in [0.2, 0.25) is 0 Å². The third-order valence-electron chi connectivity index (χ3n) is 3.56. The number of ether oxygens (including phenoxy) is 2. The van der Waals surface area contributed by atoms with Crippen LogP contribution in [0.25, 0.3) is 0 Å². The van der Waals surface area contributed by atoms with E-state index in [1.165, 1.54) is 18.2 Å². The van der Waals surface area contributed by atoms with Gasteiger partial charge in [0.25, 0.3) is 0 Å². The Balaban J connectivity index is 2.13. The van der Waals surface area contributed by atoms with Gasteiger partial charge in [0.05, 0.1) is 7.11 Å². The molecule has 116 valence electrons. The third kappa shape index (κ3) is 3.36. The van der Waals surface area contributed by atoms with Gasteiger partial charge in [-0.1, -0.05) is 42.5 Å². The molecule has 0 aliphatic carbocycles. The molecule has 0 spiro atoms. The van der Waals surface area contributed by atoms with E-state index in [2.05, 4.69) is 0 Å².